The number of carbonyl (C=O) groups excluding carboxylic acids is 1. The number of nitrogens with one attached hydrogen (secondary N) is 1. The van der Waals surface area contributed by atoms with Gasteiger partial charge < -0.3 is 10.1 Å². The van der Waals surface area contributed by atoms with Gasteiger partial charge in [-0.2, -0.15) is 0 Å². The summed E-state index contributed by atoms with van der Waals surface area (Å²) in [5.41, 5.74) is 2.01. The van der Waals surface area contributed by atoms with Crippen LogP contribution in [0.15, 0.2) is 34.2 Å². The summed E-state index contributed by atoms with van der Waals surface area (Å²) in [4.78, 5) is 32.9. The Morgan fingerprint density at radius 2 is 2.12 bits per heavy atom. The van der Waals surface area contributed by atoms with Crippen LogP contribution in [0.1, 0.15) is 41.8 Å². The molecule has 1 aromatic carbocycles. The van der Waals surface area contributed by atoms with E-state index in [9.17, 15) is 9.59 Å². The Morgan fingerprint density at radius 1 is 1.34 bits per heavy atom. The summed E-state index contributed by atoms with van der Waals surface area (Å²) in [6.07, 6.45) is 4.21. The summed E-state index contributed by atoms with van der Waals surface area (Å²) in [5, 5.41) is 4.91. The molecule has 0 bridgehead atoms. The molecule has 1 unspecified atom stereocenters. The third-order valence-corrected chi connectivity index (χ3v) is 8.15. The Morgan fingerprint density at radius 3 is 2.91 bits per heavy atom. The van der Waals surface area contributed by atoms with Crippen molar-refractivity contribution < 1.29 is 9.53 Å². The Labute approximate surface area is 200 Å². The van der Waals surface area contributed by atoms with Gasteiger partial charge >= 0.3 is 0 Å². The number of methoxy groups -OCH3 is 1. The molecule has 1 amide bonds. The van der Waals surface area contributed by atoms with Gasteiger partial charge in [-0.05, 0) is 49.8 Å². The van der Waals surface area contributed by atoms with E-state index >= 15 is 0 Å². The highest BCUT2D eigenvalue weighted by atomic mass is 35.5. The van der Waals surface area contributed by atoms with E-state index in [0.717, 1.165) is 41.5 Å². The minimum atomic E-state index is -0.216. The Kier molecular flexibility index (Phi) is 7.55. The molecule has 2 aromatic heterocycles. The number of benzene rings is 1. The predicted molar refractivity (Wildman–Crippen MR) is 131 cm³/mol. The smallest absolute Gasteiger partial charge is 0.263 e. The maximum atomic E-state index is 13.4. The largest absolute Gasteiger partial charge is 0.383 e. The molecule has 0 saturated heterocycles. The zero-order valence-electron chi connectivity index (χ0n) is 18.2. The van der Waals surface area contributed by atoms with E-state index in [-0.39, 0.29) is 23.3 Å². The van der Waals surface area contributed by atoms with Crippen molar-refractivity contribution in [2.75, 3.05) is 19.5 Å². The first-order chi connectivity index (χ1) is 15.5. The molecule has 1 atom stereocenters. The molecule has 170 valence electrons. The molecule has 6 nitrogen and oxygen atoms in total. The van der Waals surface area contributed by atoms with Crippen LogP contribution in [0, 0.1) is 0 Å². The van der Waals surface area contributed by atoms with Gasteiger partial charge in [-0.15, -0.1) is 11.3 Å². The van der Waals surface area contributed by atoms with E-state index in [2.05, 4.69) is 5.32 Å². The fourth-order valence-corrected chi connectivity index (χ4v) is 6.47. The second-order valence-electron chi connectivity index (χ2n) is 7.83. The van der Waals surface area contributed by atoms with E-state index in [1.165, 1.54) is 22.2 Å². The Hall–Kier alpha value is -1.87. The molecule has 9 heteroatoms. The molecular formula is C23H26ClN3O3S2. The number of carbonyl (C=O) groups is 1. The highest BCUT2D eigenvalue weighted by Gasteiger charge is 2.23. The average Bonchev–Trinajstić information content (AvgIpc) is 3.16. The normalized spacial score (nSPS) is 14.3. The van der Waals surface area contributed by atoms with Crippen LogP contribution in [-0.2, 0) is 28.9 Å². The minimum Gasteiger partial charge on any atom is -0.383 e. The van der Waals surface area contributed by atoms with Gasteiger partial charge in [-0.1, -0.05) is 41.6 Å². The van der Waals surface area contributed by atoms with Crippen LogP contribution in [0.2, 0.25) is 5.02 Å². The van der Waals surface area contributed by atoms with Crippen LogP contribution in [0.25, 0.3) is 10.2 Å². The number of hydrogen-bond acceptors (Lipinski definition) is 6. The van der Waals surface area contributed by atoms with Gasteiger partial charge in [0.25, 0.3) is 5.56 Å². The number of aromatic nitrogens is 2. The topological polar surface area (TPSA) is 73.2 Å². The number of nitrogens with zero attached hydrogens (tertiary/aromatic N) is 2. The lowest BCUT2D eigenvalue weighted by molar-refractivity contribution is -0.119. The quantitative estimate of drug-likeness (QED) is 0.368. The van der Waals surface area contributed by atoms with Gasteiger partial charge in [-0.3, -0.25) is 14.2 Å². The van der Waals surface area contributed by atoms with Crippen molar-refractivity contribution in [3.05, 3.63) is 55.6 Å². The van der Waals surface area contributed by atoms with E-state index in [0.29, 0.717) is 23.3 Å². The lowest BCUT2D eigenvalue weighted by Crippen LogP contribution is -2.29. The summed E-state index contributed by atoms with van der Waals surface area (Å²) < 4.78 is 6.87. The molecule has 4 rings (SSSR count). The van der Waals surface area contributed by atoms with E-state index in [1.54, 1.807) is 23.0 Å². The monoisotopic (exact) mass is 491 g/mol. The van der Waals surface area contributed by atoms with Gasteiger partial charge in [0.15, 0.2) is 5.16 Å². The van der Waals surface area contributed by atoms with Crippen molar-refractivity contribution in [2.45, 2.75) is 50.4 Å². The first-order valence-corrected chi connectivity index (χ1v) is 12.9. The van der Waals surface area contributed by atoms with Crippen molar-refractivity contribution >= 4 is 50.8 Å². The molecule has 0 spiro atoms. The Balaban J connectivity index is 1.55. The number of amides is 1. The minimum absolute atomic E-state index is 0.0289. The van der Waals surface area contributed by atoms with Gasteiger partial charge in [0.1, 0.15) is 4.83 Å². The van der Waals surface area contributed by atoms with Gasteiger partial charge in [-0.25, -0.2) is 4.98 Å². The third-order valence-electron chi connectivity index (χ3n) is 5.64. The SMILES string of the molecule is COCCn1c(SCC(=O)NC(C)c2ccccc2Cl)nc2sc3c(c2c1=O)CCCC3. The number of thioether (sulfide) groups is 1. The molecule has 0 saturated carbocycles. The highest BCUT2D eigenvalue weighted by Crippen LogP contribution is 2.34. The standard InChI is InChI=1S/C23H26ClN3O3S2/c1-14(15-7-3-5-9-17(15)24)25-19(28)13-31-23-26-21-20(22(29)27(23)11-12-30-2)16-8-4-6-10-18(16)32-21/h3,5,7,9,14H,4,6,8,10-13H2,1-2H3,(H,25,28). The number of aryl methyl sites for hydroxylation is 2. The van der Waals surface area contributed by atoms with Crippen molar-refractivity contribution in [2.24, 2.45) is 0 Å². The molecule has 0 fully saturated rings. The summed E-state index contributed by atoms with van der Waals surface area (Å²) in [5.74, 6) is 0.0192. The van der Waals surface area contributed by atoms with Crippen LogP contribution in [0.3, 0.4) is 0 Å². The maximum absolute atomic E-state index is 13.4. The number of ether oxygens (including phenoxy) is 1. The summed E-state index contributed by atoms with van der Waals surface area (Å²) in [6.45, 7) is 2.71. The number of halogens is 1. The number of fused-ring (bicyclic) bond motifs is 3. The van der Waals surface area contributed by atoms with Crippen molar-refractivity contribution in [1.29, 1.82) is 0 Å². The first kappa shape index (κ1) is 23.3. The molecule has 2 heterocycles. The molecule has 0 aliphatic heterocycles. The first-order valence-electron chi connectivity index (χ1n) is 10.7. The molecule has 32 heavy (non-hydrogen) atoms. The lowest BCUT2D eigenvalue weighted by atomic mass is 9.97. The Bertz CT molecular complexity index is 1190. The molecule has 1 aliphatic carbocycles. The van der Waals surface area contributed by atoms with Gasteiger partial charge in [0, 0.05) is 17.0 Å². The summed E-state index contributed by atoms with van der Waals surface area (Å²) >= 11 is 9.15. The second kappa shape index (κ2) is 10.4. The average molecular weight is 492 g/mol. The van der Waals surface area contributed by atoms with E-state index in [4.69, 9.17) is 21.3 Å². The number of hydrogen-bond donors (Lipinski definition) is 1. The summed E-state index contributed by atoms with van der Waals surface area (Å²) in [7, 11) is 1.61. The predicted octanol–water partition coefficient (Wildman–Crippen LogP) is 4.61. The summed E-state index contributed by atoms with van der Waals surface area (Å²) in [6, 6.07) is 7.25. The molecule has 1 aliphatic rings. The maximum Gasteiger partial charge on any atom is 0.263 e. The second-order valence-corrected chi connectivity index (χ2v) is 10.3. The molecule has 0 radical (unpaired) electrons. The van der Waals surface area contributed by atoms with Gasteiger partial charge in [0.05, 0.1) is 30.3 Å². The molecule has 1 N–H and O–H groups in total. The molecular weight excluding hydrogens is 466 g/mol. The van der Waals surface area contributed by atoms with Crippen molar-refractivity contribution in [3.8, 4) is 0 Å². The van der Waals surface area contributed by atoms with Crippen molar-refractivity contribution in [1.82, 2.24) is 14.9 Å². The fourth-order valence-electron chi connectivity index (χ4n) is 4.03. The molecule has 3 aromatic rings. The van der Waals surface area contributed by atoms with E-state index in [1.807, 2.05) is 31.2 Å². The van der Waals surface area contributed by atoms with Crippen LogP contribution in [-0.4, -0.2) is 34.9 Å². The van der Waals surface area contributed by atoms with Crippen LogP contribution >= 0.6 is 34.7 Å². The van der Waals surface area contributed by atoms with Crippen LogP contribution < -0.4 is 10.9 Å². The third kappa shape index (κ3) is 4.88. The van der Waals surface area contributed by atoms with E-state index < -0.39 is 0 Å². The lowest BCUT2D eigenvalue weighted by Gasteiger charge is -2.16. The number of rotatable bonds is 8. The van der Waals surface area contributed by atoms with Crippen LogP contribution in [0.5, 0.6) is 0 Å². The zero-order chi connectivity index (χ0) is 22.7. The van der Waals surface area contributed by atoms with Crippen LogP contribution in [0.4, 0.5) is 0 Å². The van der Waals surface area contributed by atoms with Gasteiger partial charge in [0.2, 0.25) is 5.91 Å². The zero-order valence-corrected chi connectivity index (χ0v) is 20.5. The fraction of sp³-hybridized carbons (Fsp3) is 0.435. The highest BCUT2D eigenvalue weighted by molar-refractivity contribution is 7.99. The van der Waals surface area contributed by atoms with Crippen molar-refractivity contribution in [3.63, 3.8) is 0 Å². The number of thiophene rings is 1.